The number of hydrazone groups is 1. The second kappa shape index (κ2) is 10.4. The third-order valence-electron chi connectivity index (χ3n) is 5.02. The number of aromatic nitrogens is 2. The molecule has 36 heavy (non-hydrogen) atoms. The summed E-state index contributed by atoms with van der Waals surface area (Å²) in [6.07, 6.45) is 0. The summed E-state index contributed by atoms with van der Waals surface area (Å²) in [4.78, 5) is 43.4. The molecule has 0 radical (unpaired) electrons. The number of rotatable bonds is 9. The monoisotopic (exact) mass is 497 g/mol. The molecule has 2 aromatic carbocycles. The van der Waals surface area contributed by atoms with Crippen molar-refractivity contribution in [1.82, 2.24) is 15.2 Å². The highest BCUT2D eigenvalue weighted by atomic mass is 16.6. The summed E-state index contributed by atoms with van der Waals surface area (Å²) in [5, 5.41) is 41.2. The van der Waals surface area contributed by atoms with Gasteiger partial charge in [0, 0.05) is 6.07 Å². The number of amides is 1. The van der Waals surface area contributed by atoms with Crippen LogP contribution in [0.25, 0.3) is 0 Å². The van der Waals surface area contributed by atoms with Crippen molar-refractivity contribution in [2.75, 3.05) is 0 Å². The minimum Gasteiger partial charge on any atom is -0.450 e. The molecular formula is C21H19N7O8. The Morgan fingerprint density at radius 3 is 2.25 bits per heavy atom. The summed E-state index contributed by atoms with van der Waals surface area (Å²) < 4.78 is 6.73. The van der Waals surface area contributed by atoms with Gasteiger partial charge in [-0.05, 0) is 56.7 Å². The fourth-order valence-electron chi connectivity index (χ4n) is 3.23. The van der Waals surface area contributed by atoms with Crippen LogP contribution in [-0.2, 0) is 11.3 Å². The molecule has 15 heteroatoms. The number of carbonyl (C=O) groups excluding carboxylic acids is 1. The lowest BCUT2D eigenvalue weighted by Crippen LogP contribution is -2.25. The van der Waals surface area contributed by atoms with Crippen LogP contribution >= 0.6 is 0 Å². The number of non-ortho nitro benzene ring substituents is 1. The first-order valence-electron chi connectivity index (χ1n) is 10.2. The van der Waals surface area contributed by atoms with Gasteiger partial charge in [0.05, 0.1) is 26.5 Å². The van der Waals surface area contributed by atoms with E-state index in [-0.39, 0.29) is 35.1 Å². The average Bonchev–Trinajstić information content (AvgIpc) is 3.10. The fourth-order valence-corrected chi connectivity index (χ4v) is 3.23. The number of ether oxygens (including phenoxy) is 1. The molecule has 0 aliphatic carbocycles. The van der Waals surface area contributed by atoms with Crippen LogP contribution in [0.15, 0.2) is 47.6 Å². The Balaban J connectivity index is 1.67. The van der Waals surface area contributed by atoms with E-state index in [1.165, 1.54) is 30.7 Å². The molecule has 0 fully saturated rings. The van der Waals surface area contributed by atoms with Crippen molar-refractivity contribution in [2.24, 2.45) is 5.10 Å². The van der Waals surface area contributed by atoms with E-state index in [0.717, 1.165) is 18.2 Å². The topological polar surface area (TPSA) is 198 Å². The maximum absolute atomic E-state index is 12.2. The second-order valence-electron chi connectivity index (χ2n) is 7.46. The first kappa shape index (κ1) is 25.4. The van der Waals surface area contributed by atoms with Crippen LogP contribution in [0.4, 0.5) is 17.1 Å². The third kappa shape index (κ3) is 5.64. The van der Waals surface area contributed by atoms with Crippen LogP contribution in [-0.4, -0.2) is 36.2 Å². The largest absolute Gasteiger partial charge is 0.450 e. The second-order valence-corrected chi connectivity index (χ2v) is 7.46. The number of nitrogens with one attached hydrogen (secondary N) is 1. The fraction of sp³-hybridized carbons (Fsp3) is 0.190. The van der Waals surface area contributed by atoms with Crippen LogP contribution in [0, 0.1) is 44.2 Å². The number of carbonyl (C=O) groups is 1. The van der Waals surface area contributed by atoms with E-state index in [0.29, 0.717) is 11.3 Å². The molecule has 186 valence electrons. The van der Waals surface area contributed by atoms with E-state index in [2.05, 4.69) is 15.6 Å². The lowest BCUT2D eigenvalue weighted by atomic mass is 10.1. The molecule has 15 nitrogen and oxygen atoms in total. The molecule has 1 aromatic heterocycles. The zero-order valence-corrected chi connectivity index (χ0v) is 19.2. The van der Waals surface area contributed by atoms with Crippen molar-refractivity contribution in [3.8, 4) is 11.5 Å². The van der Waals surface area contributed by atoms with E-state index in [9.17, 15) is 35.1 Å². The molecule has 0 atom stereocenters. The number of benzene rings is 2. The van der Waals surface area contributed by atoms with E-state index in [1.54, 1.807) is 19.1 Å². The van der Waals surface area contributed by atoms with Gasteiger partial charge in [0.25, 0.3) is 11.6 Å². The molecule has 0 bridgehead atoms. The standard InChI is InChI=1S/C21H19N7O8/c1-12(22-23-20(29)11-25-14(3)21(28(34)35)13(2)24-25)15-4-7-17(8-5-15)36-19-9-6-16(26(30)31)10-18(19)27(32)33/h4-10H,11H2,1-3H3,(H,23,29)/b22-12+. The molecule has 1 heterocycles. The van der Waals surface area contributed by atoms with Gasteiger partial charge in [-0.15, -0.1) is 0 Å². The summed E-state index contributed by atoms with van der Waals surface area (Å²) >= 11 is 0. The molecule has 0 unspecified atom stereocenters. The summed E-state index contributed by atoms with van der Waals surface area (Å²) in [5.74, 6) is -0.473. The number of nitro groups is 3. The molecule has 1 N–H and O–H groups in total. The van der Waals surface area contributed by atoms with Crippen molar-refractivity contribution in [1.29, 1.82) is 0 Å². The lowest BCUT2D eigenvalue weighted by molar-refractivity contribution is -0.394. The first-order chi connectivity index (χ1) is 17.0. The van der Waals surface area contributed by atoms with E-state index in [1.807, 2.05) is 0 Å². The predicted molar refractivity (Wildman–Crippen MR) is 125 cm³/mol. The highest BCUT2D eigenvalue weighted by molar-refractivity contribution is 5.99. The van der Waals surface area contributed by atoms with Gasteiger partial charge in [0.2, 0.25) is 5.75 Å². The van der Waals surface area contributed by atoms with Gasteiger partial charge in [0.1, 0.15) is 23.7 Å². The first-order valence-corrected chi connectivity index (χ1v) is 10.2. The highest BCUT2D eigenvalue weighted by Gasteiger charge is 2.23. The van der Waals surface area contributed by atoms with Gasteiger partial charge >= 0.3 is 11.4 Å². The van der Waals surface area contributed by atoms with E-state index >= 15 is 0 Å². The molecule has 0 saturated carbocycles. The zero-order valence-electron chi connectivity index (χ0n) is 19.2. The van der Waals surface area contributed by atoms with Crippen LogP contribution in [0.3, 0.4) is 0 Å². The van der Waals surface area contributed by atoms with Gasteiger partial charge in [-0.3, -0.25) is 39.8 Å². The van der Waals surface area contributed by atoms with Gasteiger partial charge in [-0.1, -0.05) is 0 Å². The smallest absolute Gasteiger partial charge is 0.318 e. The number of aryl methyl sites for hydroxylation is 1. The van der Waals surface area contributed by atoms with Crippen molar-refractivity contribution >= 4 is 28.7 Å². The molecule has 3 rings (SSSR count). The lowest BCUT2D eigenvalue weighted by Gasteiger charge is -2.08. The van der Waals surface area contributed by atoms with Gasteiger partial charge in [0.15, 0.2) is 0 Å². The number of hydrogen-bond donors (Lipinski definition) is 1. The van der Waals surface area contributed by atoms with Crippen molar-refractivity contribution < 1.29 is 24.3 Å². The van der Waals surface area contributed by atoms with Gasteiger partial charge in [-0.2, -0.15) is 10.2 Å². The summed E-state index contributed by atoms with van der Waals surface area (Å²) in [5.41, 5.74) is 2.70. The van der Waals surface area contributed by atoms with Crippen LogP contribution < -0.4 is 10.2 Å². The van der Waals surface area contributed by atoms with Crippen molar-refractivity contribution in [2.45, 2.75) is 27.3 Å². The zero-order chi connectivity index (χ0) is 26.6. The molecule has 0 saturated heterocycles. The van der Waals surface area contributed by atoms with Crippen LogP contribution in [0.1, 0.15) is 23.9 Å². The van der Waals surface area contributed by atoms with Crippen LogP contribution in [0.5, 0.6) is 11.5 Å². The Bertz CT molecular complexity index is 1400. The minimum absolute atomic E-state index is 0.149. The Kier molecular flexibility index (Phi) is 7.32. The Hall–Kier alpha value is -5.21. The van der Waals surface area contributed by atoms with E-state index < -0.39 is 32.1 Å². The van der Waals surface area contributed by atoms with Gasteiger partial charge < -0.3 is 4.74 Å². The van der Waals surface area contributed by atoms with Gasteiger partial charge in [-0.25, -0.2) is 5.43 Å². The Morgan fingerprint density at radius 2 is 1.69 bits per heavy atom. The summed E-state index contributed by atoms with van der Waals surface area (Å²) in [7, 11) is 0. The number of hydrogen-bond acceptors (Lipinski definition) is 10. The predicted octanol–water partition coefficient (Wildman–Crippen LogP) is 3.56. The Morgan fingerprint density at radius 1 is 1.03 bits per heavy atom. The molecule has 1 amide bonds. The number of nitrogens with zero attached hydrogens (tertiary/aromatic N) is 6. The molecule has 3 aromatic rings. The third-order valence-corrected chi connectivity index (χ3v) is 5.02. The van der Waals surface area contributed by atoms with Crippen molar-refractivity contribution in [3.63, 3.8) is 0 Å². The summed E-state index contributed by atoms with van der Waals surface area (Å²) in [6.45, 7) is 4.34. The normalized spacial score (nSPS) is 11.1. The SMILES string of the molecule is C/C(=N\NC(=O)Cn1nc(C)c([N+](=O)[O-])c1C)c1ccc(Oc2ccc([N+](=O)[O-])cc2[N+](=O)[O-])cc1. The quantitative estimate of drug-likeness (QED) is 0.261. The minimum atomic E-state index is -0.777. The highest BCUT2D eigenvalue weighted by Crippen LogP contribution is 2.34. The summed E-state index contributed by atoms with van der Waals surface area (Å²) in [6, 6.07) is 9.27. The maximum atomic E-state index is 12.2. The molecule has 0 spiro atoms. The van der Waals surface area contributed by atoms with Crippen molar-refractivity contribution in [3.05, 3.63) is 89.8 Å². The molecule has 0 aliphatic heterocycles. The van der Waals surface area contributed by atoms with E-state index in [4.69, 9.17) is 4.74 Å². The maximum Gasteiger partial charge on any atom is 0.318 e. The molecular weight excluding hydrogens is 478 g/mol. The Labute approximate surface area is 202 Å². The molecule has 0 aliphatic rings. The number of nitro benzene ring substituents is 2. The average molecular weight is 497 g/mol. The van der Waals surface area contributed by atoms with Crippen LogP contribution in [0.2, 0.25) is 0 Å².